The van der Waals surface area contributed by atoms with Gasteiger partial charge in [-0.15, -0.1) is 0 Å². The minimum atomic E-state index is -0.710. The molecule has 1 aromatic rings. The van der Waals surface area contributed by atoms with Gasteiger partial charge in [0.15, 0.2) is 0 Å². The van der Waals surface area contributed by atoms with Gasteiger partial charge in [-0.1, -0.05) is 20.8 Å². The topological polar surface area (TPSA) is 50.9 Å². The Morgan fingerprint density at radius 1 is 1.53 bits per heavy atom. The van der Waals surface area contributed by atoms with Crippen LogP contribution in [0.1, 0.15) is 39.9 Å². The lowest BCUT2D eigenvalue weighted by Gasteiger charge is -2.27. The first-order valence-electron chi connectivity index (χ1n) is 5.56. The van der Waals surface area contributed by atoms with Gasteiger partial charge < -0.3 is 5.11 Å². The van der Waals surface area contributed by atoms with Gasteiger partial charge in [0.2, 0.25) is 0 Å². The first kappa shape index (κ1) is 12.2. The van der Waals surface area contributed by atoms with Crippen molar-refractivity contribution in [1.82, 2.24) is 14.8 Å². The molecule has 0 radical (unpaired) electrons. The Labute approximate surface area is 91.3 Å². The number of aliphatic hydroxyl groups is 1. The van der Waals surface area contributed by atoms with Gasteiger partial charge in [0.05, 0.1) is 5.60 Å². The molecule has 0 bridgehead atoms. The van der Waals surface area contributed by atoms with E-state index in [1.54, 1.807) is 6.33 Å². The Morgan fingerprint density at radius 2 is 2.20 bits per heavy atom. The quantitative estimate of drug-likeness (QED) is 0.805. The van der Waals surface area contributed by atoms with E-state index in [9.17, 15) is 5.11 Å². The Morgan fingerprint density at radius 3 is 2.73 bits per heavy atom. The third-order valence-electron chi connectivity index (χ3n) is 2.89. The molecule has 1 N–H and O–H groups in total. The fraction of sp³-hybridized carbons (Fsp3) is 0.818. The van der Waals surface area contributed by atoms with Gasteiger partial charge in [-0.25, -0.2) is 4.98 Å². The summed E-state index contributed by atoms with van der Waals surface area (Å²) in [5.41, 5.74) is -0.710. The van der Waals surface area contributed by atoms with Crippen LogP contribution in [0.2, 0.25) is 0 Å². The zero-order valence-electron chi connectivity index (χ0n) is 10.1. The Hall–Kier alpha value is -0.900. The molecule has 1 heterocycles. The van der Waals surface area contributed by atoms with Crippen LogP contribution in [0.3, 0.4) is 0 Å². The second-order valence-electron chi connectivity index (χ2n) is 4.59. The first-order chi connectivity index (χ1) is 6.97. The smallest absolute Gasteiger partial charge is 0.138 e. The third-order valence-corrected chi connectivity index (χ3v) is 2.89. The van der Waals surface area contributed by atoms with Crippen LogP contribution in [-0.2, 0) is 13.0 Å². The molecule has 15 heavy (non-hydrogen) atoms. The van der Waals surface area contributed by atoms with Gasteiger partial charge in [-0.3, -0.25) is 4.68 Å². The van der Waals surface area contributed by atoms with Gasteiger partial charge in [0, 0.05) is 13.0 Å². The summed E-state index contributed by atoms with van der Waals surface area (Å²) in [6, 6.07) is 0. The second-order valence-corrected chi connectivity index (χ2v) is 4.59. The van der Waals surface area contributed by atoms with E-state index in [0.717, 1.165) is 18.8 Å². The summed E-state index contributed by atoms with van der Waals surface area (Å²) in [7, 11) is 0. The molecule has 4 nitrogen and oxygen atoms in total. The zero-order valence-corrected chi connectivity index (χ0v) is 10.1. The summed E-state index contributed by atoms with van der Waals surface area (Å²) >= 11 is 0. The van der Waals surface area contributed by atoms with Crippen LogP contribution < -0.4 is 0 Å². The van der Waals surface area contributed by atoms with Crippen molar-refractivity contribution in [2.24, 2.45) is 5.92 Å². The maximum atomic E-state index is 10.2. The van der Waals surface area contributed by atoms with Gasteiger partial charge >= 0.3 is 0 Å². The van der Waals surface area contributed by atoms with E-state index in [1.165, 1.54) is 0 Å². The summed E-state index contributed by atoms with van der Waals surface area (Å²) < 4.78 is 1.87. The van der Waals surface area contributed by atoms with E-state index >= 15 is 0 Å². The molecule has 0 saturated carbocycles. The predicted molar refractivity (Wildman–Crippen MR) is 59.5 cm³/mol. The summed E-state index contributed by atoms with van der Waals surface area (Å²) in [5.74, 6) is 1.08. The van der Waals surface area contributed by atoms with Gasteiger partial charge in [0.1, 0.15) is 12.2 Å². The van der Waals surface area contributed by atoms with Crippen LogP contribution in [0.15, 0.2) is 6.33 Å². The monoisotopic (exact) mass is 211 g/mol. The van der Waals surface area contributed by atoms with Gasteiger partial charge in [0.25, 0.3) is 0 Å². The van der Waals surface area contributed by atoms with E-state index < -0.39 is 5.60 Å². The molecule has 1 aromatic heterocycles. The molecule has 86 valence electrons. The molecule has 1 unspecified atom stereocenters. The van der Waals surface area contributed by atoms with Gasteiger partial charge in [-0.05, 0) is 19.3 Å². The normalized spacial score (nSPS) is 15.6. The molecule has 0 aliphatic heterocycles. The molecular formula is C11H21N3O. The molecular weight excluding hydrogens is 190 g/mol. The zero-order chi connectivity index (χ0) is 11.5. The fourth-order valence-electron chi connectivity index (χ4n) is 1.35. The molecule has 0 fully saturated rings. The molecule has 0 aliphatic rings. The Kier molecular flexibility index (Phi) is 3.85. The summed E-state index contributed by atoms with van der Waals surface area (Å²) in [6.07, 6.45) is 3.15. The van der Waals surface area contributed by atoms with E-state index in [2.05, 4.69) is 17.0 Å². The van der Waals surface area contributed by atoms with E-state index in [-0.39, 0.29) is 5.92 Å². The van der Waals surface area contributed by atoms with E-state index in [1.807, 2.05) is 25.5 Å². The molecule has 0 aromatic carbocycles. The third kappa shape index (κ3) is 3.02. The summed E-state index contributed by atoms with van der Waals surface area (Å²) in [6.45, 7) is 8.85. The molecule has 4 heteroatoms. The van der Waals surface area contributed by atoms with Crippen LogP contribution in [-0.4, -0.2) is 25.5 Å². The fourth-order valence-corrected chi connectivity index (χ4v) is 1.35. The lowest BCUT2D eigenvalue weighted by Crippen LogP contribution is -2.34. The molecule has 0 aliphatic carbocycles. The van der Waals surface area contributed by atoms with Crippen LogP contribution in [0.4, 0.5) is 0 Å². The minimum Gasteiger partial charge on any atom is -0.389 e. The second kappa shape index (κ2) is 4.75. The average molecular weight is 211 g/mol. The number of hydrogen-bond donors (Lipinski definition) is 1. The lowest BCUT2D eigenvalue weighted by molar-refractivity contribution is 0.0112. The predicted octanol–water partition coefficient (Wildman–Crippen LogP) is 1.64. The van der Waals surface area contributed by atoms with Crippen molar-refractivity contribution in [3.05, 3.63) is 12.2 Å². The van der Waals surface area contributed by atoms with Gasteiger partial charge in [-0.2, -0.15) is 5.10 Å². The Bertz CT molecular complexity index is 305. The van der Waals surface area contributed by atoms with Crippen molar-refractivity contribution in [3.63, 3.8) is 0 Å². The molecule has 0 amide bonds. The van der Waals surface area contributed by atoms with E-state index in [0.29, 0.717) is 6.42 Å². The first-order valence-corrected chi connectivity index (χ1v) is 5.56. The van der Waals surface area contributed by atoms with Crippen molar-refractivity contribution < 1.29 is 5.11 Å². The van der Waals surface area contributed by atoms with Crippen LogP contribution in [0.5, 0.6) is 0 Å². The highest BCUT2D eigenvalue weighted by Gasteiger charge is 2.27. The number of rotatable bonds is 5. The summed E-state index contributed by atoms with van der Waals surface area (Å²) in [5, 5.41) is 14.3. The highest BCUT2D eigenvalue weighted by molar-refractivity contribution is 4.94. The lowest BCUT2D eigenvalue weighted by atomic mass is 9.89. The molecule has 0 saturated heterocycles. The maximum Gasteiger partial charge on any atom is 0.138 e. The largest absolute Gasteiger partial charge is 0.389 e. The highest BCUT2D eigenvalue weighted by Crippen LogP contribution is 2.20. The SMILES string of the molecule is CCCn1ncnc1CC(C)(O)C(C)C. The van der Waals surface area contributed by atoms with Crippen LogP contribution in [0, 0.1) is 5.92 Å². The Balaban J connectivity index is 2.75. The molecule has 1 atom stereocenters. The average Bonchev–Trinajstić information content (AvgIpc) is 2.52. The highest BCUT2D eigenvalue weighted by atomic mass is 16.3. The minimum absolute atomic E-state index is 0.212. The number of aromatic nitrogens is 3. The number of hydrogen-bond acceptors (Lipinski definition) is 3. The van der Waals surface area contributed by atoms with Crippen molar-refractivity contribution in [3.8, 4) is 0 Å². The van der Waals surface area contributed by atoms with E-state index in [4.69, 9.17) is 0 Å². The van der Waals surface area contributed by atoms with Crippen molar-refractivity contribution in [2.45, 2.75) is 52.7 Å². The van der Waals surface area contributed by atoms with Crippen molar-refractivity contribution in [1.29, 1.82) is 0 Å². The van der Waals surface area contributed by atoms with Crippen molar-refractivity contribution >= 4 is 0 Å². The maximum absolute atomic E-state index is 10.2. The molecule has 1 rings (SSSR count). The standard InChI is InChI=1S/C11H21N3O/c1-5-6-14-10(12-8-13-14)7-11(4,15)9(2)3/h8-9,15H,5-7H2,1-4H3. The number of aryl methyl sites for hydroxylation is 1. The summed E-state index contributed by atoms with van der Waals surface area (Å²) in [4.78, 5) is 4.19. The number of nitrogens with zero attached hydrogens (tertiary/aromatic N) is 3. The van der Waals surface area contributed by atoms with Crippen LogP contribution >= 0.6 is 0 Å². The van der Waals surface area contributed by atoms with Crippen molar-refractivity contribution in [2.75, 3.05) is 0 Å². The van der Waals surface area contributed by atoms with Crippen LogP contribution in [0.25, 0.3) is 0 Å². The molecule has 0 spiro atoms.